The van der Waals surface area contributed by atoms with Gasteiger partial charge in [0.15, 0.2) is 0 Å². The summed E-state index contributed by atoms with van der Waals surface area (Å²) in [5.74, 6) is 0. The van der Waals surface area contributed by atoms with Crippen LogP contribution in [0.1, 0.15) is 27.2 Å². The molecule has 0 aromatic heterocycles. The van der Waals surface area contributed by atoms with Crippen LogP contribution in [0.4, 0.5) is 0 Å². The predicted octanol–water partition coefficient (Wildman–Crippen LogP) is 4.09. The second kappa shape index (κ2) is 6.41. The number of allylic oxidation sites excluding steroid dienone is 1. The number of rotatable bonds is 6. The second-order valence-corrected chi connectivity index (χ2v) is 10.9. The van der Waals surface area contributed by atoms with E-state index in [0.717, 1.165) is 19.6 Å². The molecular formula is C12H26OSi. The smallest absolute Gasteiger partial charge is 0.0678 e. The van der Waals surface area contributed by atoms with Gasteiger partial charge in [-0.1, -0.05) is 32.1 Å². The standard InChI is InChI=1S/C12H26OSi/c1-7-12(11(2)3)10-13-8-9-14(4,5)6/h7-10H2,1-6H3. The summed E-state index contributed by atoms with van der Waals surface area (Å²) in [4.78, 5) is 0. The molecule has 1 nitrogen and oxygen atoms in total. The Labute approximate surface area is 90.6 Å². The first-order valence-electron chi connectivity index (χ1n) is 5.60. The topological polar surface area (TPSA) is 9.23 Å². The van der Waals surface area contributed by atoms with Crippen LogP contribution in [-0.2, 0) is 4.74 Å². The molecule has 0 radical (unpaired) electrons. The molecule has 84 valence electrons. The van der Waals surface area contributed by atoms with E-state index in [1.165, 1.54) is 17.2 Å². The number of hydrogen-bond acceptors (Lipinski definition) is 1. The maximum atomic E-state index is 5.70. The first-order valence-corrected chi connectivity index (χ1v) is 9.30. The molecular weight excluding hydrogens is 188 g/mol. The van der Waals surface area contributed by atoms with E-state index in [1.54, 1.807) is 0 Å². The lowest BCUT2D eigenvalue weighted by molar-refractivity contribution is 0.167. The second-order valence-electron chi connectivity index (χ2n) is 5.32. The predicted molar refractivity (Wildman–Crippen MR) is 67.6 cm³/mol. The van der Waals surface area contributed by atoms with Gasteiger partial charge in [-0.3, -0.25) is 0 Å². The SMILES string of the molecule is CCC(COCC[Si](C)(C)C)=C(C)C. The molecule has 0 bridgehead atoms. The molecule has 0 spiro atoms. The Balaban J connectivity index is 3.70. The molecule has 0 aliphatic carbocycles. The fourth-order valence-corrected chi connectivity index (χ4v) is 1.93. The van der Waals surface area contributed by atoms with Crippen LogP contribution in [-0.4, -0.2) is 21.3 Å². The summed E-state index contributed by atoms with van der Waals surface area (Å²) in [6.45, 7) is 15.5. The first kappa shape index (κ1) is 13.9. The van der Waals surface area contributed by atoms with Gasteiger partial charge in [0.2, 0.25) is 0 Å². The van der Waals surface area contributed by atoms with Gasteiger partial charge in [-0.2, -0.15) is 0 Å². The van der Waals surface area contributed by atoms with E-state index in [1.807, 2.05) is 0 Å². The normalized spacial score (nSPS) is 11.6. The van der Waals surface area contributed by atoms with Crippen LogP contribution in [0, 0.1) is 0 Å². The summed E-state index contributed by atoms with van der Waals surface area (Å²) < 4.78 is 5.70. The van der Waals surface area contributed by atoms with Gasteiger partial charge < -0.3 is 4.74 Å². The zero-order valence-electron chi connectivity index (χ0n) is 10.7. The molecule has 0 N–H and O–H groups in total. The molecule has 0 rings (SSSR count). The molecule has 0 atom stereocenters. The quantitative estimate of drug-likeness (QED) is 0.368. The molecule has 2 heteroatoms. The molecule has 0 heterocycles. The highest BCUT2D eigenvalue weighted by Gasteiger charge is 2.12. The van der Waals surface area contributed by atoms with Crippen molar-refractivity contribution in [3.63, 3.8) is 0 Å². The summed E-state index contributed by atoms with van der Waals surface area (Å²) in [6.07, 6.45) is 1.12. The summed E-state index contributed by atoms with van der Waals surface area (Å²) in [6, 6.07) is 1.27. The third-order valence-electron chi connectivity index (χ3n) is 2.41. The van der Waals surface area contributed by atoms with Crippen molar-refractivity contribution >= 4 is 8.07 Å². The minimum atomic E-state index is -0.908. The van der Waals surface area contributed by atoms with Gasteiger partial charge in [0.05, 0.1) is 6.61 Å². The lowest BCUT2D eigenvalue weighted by Crippen LogP contribution is -2.21. The minimum Gasteiger partial charge on any atom is -0.377 e. The van der Waals surface area contributed by atoms with Crippen molar-refractivity contribution in [3.05, 3.63) is 11.1 Å². The Kier molecular flexibility index (Phi) is 6.37. The van der Waals surface area contributed by atoms with Crippen molar-refractivity contribution < 1.29 is 4.74 Å². The molecule has 0 aromatic carbocycles. The number of ether oxygens (including phenoxy) is 1. The van der Waals surface area contributed by atoms with Gasteiger partial charge in [0.25, 0.3) is 0 Å². The average Bonchev–Trinajstić information content (AvgIpc) is 2.01. The third-order valence-corrected chi connectivity index (χ3v) is 4.11. The van der Waals surface area contributed by atoms with Crippen LogP contribution >= 0.6 is 0 Å². The average molecular weight is 214 g/mol. The Morgan fingerprint density at radius 2 is 1.71 bits per heavy atom. The summed E-state index contributed by atoms with van der Waals surface area (Å²) in [5.41, 5.74) is 2.88. The fourth-order valence-electron chi connectivity index (χ4n) is 1.17. The van der Waals surface area contributed by atoms with Crippen LogP contribution < -0.4 is 0 Å². The molecule has 0 amide bonds. The molecule has 0 aliphatic rings. The zero-order chi connectivity index (χ0) is 11.2. The highest BCUT2D eigenvalue weighted by molar-refractivity contribution is 6.76. The van der Waals surface area contributed by atoms with E-state index >= 15 is 0 Å². The lowest BCUT2D eigenvalue weighted by Gasteiger charge is -2.16. The Morgan fingerprint density at radius 3 is 2.07 bits per heavy atom. The van der Waals surface area contributed by atoms with Crippen LogP contribution in [0.3, 0.4) is 0 Å². The molecule has 0 aromatic rings. The van der Waals surface area contributed by atoms with Crippen LogP contribution in [0.2, 0.25) is 25.7 Å². The van der Waals surface area contributed by atoms with Crippen molar-refractivity contribution in [1.29, 1.82) is 0 Å². The Hall–Kier alpha value is -0.0831. The van der Waals surface area contributed by atoms with E-state index in [4.69, 9.17) is 4.74 Å². The summed E-state index contributed by atoms with van der Waals surface area (Å²) in [5, 5.41) is 0. The van der Waals surface area contributed by atoms with Gasteiger partial charge in [0, 0.05) is 14.7 Å². The monoisotopic (exact) mass is 214 g/mol. The maximum absolute atomic E-state index is 5.70. The van der Waals surface area contributed by atoms with Gasteiger partial charge in [0.1, 0.15) is 0 Å². The Morgan fingerprint density at radius 1 is 1.14 bits per heavy atom. The van der Waals surface area contributed by atoms with Gasteiger partial charge in [-0.25, -0.2) is 0 Å². The lowest BCUT2D eigenvalue weighted by atomic mass is 10.1. The minimum absolute atomic E-state index is 0.837. The molecule has 0 fully saturated rings. The van der Waals surface area contributed by atoms with Crippen molar-refractivity contribution in [2.75, 3.05) is 13.2 Å². The summed E-state index contributed by atoms with van der Waals surface area (Å²) >= 11 is 0. The van der Waals surface area contributed by atoms with Gasteiger partial charge >= 0.3 is 0 Å². The first-order chi connectivity index (χ1) is 6.37. The summed E-state index contributed by atoms with van der Waals surface area (Å²) in [7, 11) is -0.908. The number of hydrogen-bond donors (Lipinski definition) is 0. The molecule has 0 saturated heterocycles. The highest BCUT2D eigenvalue weighted by atomic mass is 28.3. The zero-order valence-corrected chi connectivity index (χ0v) is 11.7. The van der Waals surface area contributed by atoms with Gasteiger partial charge in [-0.05, 0) is 31.9 Å². The molecule has 0 aliphatic heterocycles. The van der Waals surface area contributed by atoms with Crippen molar-refractivity contribution in [2.45, 2.75) is 52.9 Å². The molecule has 0 unspecified atom stereocenters. The largest absolute Gasteiger partial charge is 0.377 e. The van der Waals surface area contributed by atoms with Crippen molar-refractivity contribution in [2.24, 2.45) is 0 Å². The van der Waals surface area contributed by atoms with E-state index in [2.05, 4.69) is 40.4 Å². The van der Waals surface area contributed by atoms with Crippen LogP contribution in [0.5, 0.6) is 0 Å². The van der Waals surface area contributed by atoms with Crippen LogP contribution in [0.25, 0.3) is 0 Å². The van der Waals surface area contributed by atoms with E-state index in [9.17, 15) is 0 Å². The third kappa shape index (κ3) is 7.33. The van der Waals surface area contributed by atoms with E-state index in [0.29, 0.717) is 0 Å². The Bertz CT molecular complexity index is 185. The van der Waals surface area contributed by atoms with Crippen molar-refractivity contribution in [1.82, 2.24) is 0 Å². The maximum Gasteiger partial charge on any atom is 0.0678 e. The van der Waals surface area contributed by atoms with Crippen LogP contribution in [0.15, 0.2) is 11.1 Å². The fraction of sp³-hybridized carbons (Fsp3) is 0.833. The van der Waals surface area contributed by atoms with Crippen molar-refractivity contribution in [3.8, 4) is 0 Å². The highest BCUT2D eigenvalue weighted by Crippen LogP contribution is 2.11. The van der Waals surface area contributed by atoms with E-state index in [-0.39, 0.29) is 0 Å². The van der Waals surface area contributed by atoms with E-state index < -0.39 is 8.07 Å². The molecule has 0 saturated carbocycles. The van der Waals surface area contributed by atoms with Gasteiger partial charge in [-0.15, -0.1) is 0 Å². The molecule has 14 heavy (non-hydrogen) atoms.